The summed E-state index contributed by atoms with van der Waals surface area (Å²) in [5.41, 5.74) is 2.07. The van der Waals surface area contributed by atoms with E-state index in [2.05, 4.69) is 17.1 Å². The molecule has 1 aliphatic carbocycles. The lowest BCUT2D eigenvalue weighted by molar-refractivity contribution is -0.117. The van der Waals surface area contributed by atoms with Crippen LogP contribution in [0.4, 0.5) is 5.69 Å². The minimum absolute atomic E-state index is 0.0135. The molecule has 2 amide bonds. The highest BCUT2D eigenvalue weighted by Crippen LogP contribution is 2.34. The number of fused-ring (bicyclic) bond motifs is 2. The highest BCUT2D eigenvalue weighted by molar-refractivity contribution is 6.00. The molecule has 2 heterocycles. The van der Waals surface area contributed by atoms with E-state index in [0.29, 0.717) is 36.6 Å². The maximum atomic E-state index is 13.6. The number of aliphatic hydroxyl groups excluding tert-OH is 1. The van der Waals surface area contributed by atoms with Crippen LogP contribution in [0.25, 0.3) is 0 Å². The van der Waals surface area contributed by atoms with Crippen molar-refractivity contribution in [2.45, 2.75) is 45.4 Å². The van der Waals surface area contributed by atoms with E-state index >= 15 is 0 Å². The van der Waals surface area contributed by atoms with Crippen molar-refractivity contribution < 1.29 is 28.9 Å². The maximum absolute atomic E-state index is 13.6. The summed E-state index contributed by atoms with van der Waals surface area (Å²) in [6.45, 7) is 5.78. The number of carbonyl (C=O) groups excluding carboxylic acids is 2. The molecule has 0 aromatic heterocycles. The summed E-state index contributed by atoms with van der Waals surface area (Å²) < 4.78 is 17.4. The van der Waals surface area contributed by atoms with E-state index in [1.54, 1.807) is 23.1 Å². The molecule has 9 nitrogen and oxygen atoms in total. The Morgan fingerprint density at radius 1 is 1.16 bits per heavy atom. The molecule has 1 fully saturated rings. The molecule has 2 aromatic rings. The van der Waals surface area contributed by atoms with Crippen LogP contribution in [0.1, 0.15) is 42.6 Å². The largest absolute Gasteiger partial charge is 0.488 e. The second-order valence-corrected chi connectivity index (χ2v) is 10.5. The van der Waals surface area contributed by atoms with Crippen molar-refractivity contribution in [2.24, 2.45) is 11.8 Å². The van der Waals surface area contributed by atoms with Crippen molar-refractivity contribution >= 4 is 17.5 Å². The van der Waals surface area contributed by atoms with Crippen LogP contribution >= 0.6 is 0 Å². The zero-order valence-corrected chi connectivity index (χ0v) is 21.6. The average molecular weight is 510 g/mol. The predicted molar refractivity (Wildman–Crippen MR) is 138 cm³/mol. The lowest BCUT2D eigenvalue weighted by atomic mass is 9.99. The third kappa shape index (κ3) is 5.67. The lowest BCUT2D eigenvalue weighted by Gasteiger charge is -2.38. The van der Waals surface area contributed by atoms with E-state index < -0.39 is 0 Å². The number of likely N-dealkylation sites (N-methyl/N-ethyl adjacent to an activating group) is 1. The number of anilines is 1. The molecule has 3 aliphatic rings. The number of hydrogen-bond donors (Lipinski definition) is 2. The Morgan fingerprint density at radius 2 is 1.92 bits per heavy atom. The first-order valence-corrected chi connectivity index (χ1v) is 12.9. The highest BCUT2D eigenvalue weighted by Gasteiger charge is 2.34. The van der Waals surface area contributed by atoms with E-state index in [4.69, 9.17) is 14.2 Å². The van der Waals surface area contributed by atoms with Crippen LogP contribution in [-0.2, 0) is 11.3 Å². The fourth-order valence-electron chi connectivity index (χ4n) is 4.83. The number of hydrogen-bond acceptors (Lipinski definition) is 7. The van der Waals surface area contributed by atoms with Crippen LogP contribution in [0.2, 0.25) is 0 Å². The summed E-state index contributed by atoms with van der Waals surface area (Å²) in [6, 6.07) is 10.8. The number of rotatable bonds is 8. The normalized spacial score (nSPS) is 21.6. The fraction of sp³-hybridized carbons (Fsp3) is 0.500. The smallest absolute Gasteiger partial charge is 0.258 e. The molecule has 0 bridgehead atoms. The van der Waals surface area contributed by atoms with E-state index in [1.807, 2.05) is 32.2 Å². The van der Waals surface area contributed by atoms with Gasteiger partial charge in [0.15, 0.2) is 11.5 Å². The number of nitrogens with one attached hydrogen (secondary N) is 1. The van der Waals surface area contributed by atoms with E-state index in [9.17, 15) is 14.7 Å². The van der Waals surface area contributed by atoms with Gasteiger partial charge in [-0.1, -0.05) is 13.0 Å². The van der Waals surface area contributed by atoms with Gasteiger partial charge in [0.2, 0.25) is 12.7 Å². The first-order valence-electron chi connectivity index (χ1n) is 12.9. The van der Waals surface area contributed by atoms with E-state index in [0.717, 1.165) is 29.9 Å². The van der Waals surface area contributed by atoms with Gasteiger partial charge in [-0.25, -0.2) is 0 Å². The molecule has 3 atom stereocenters. The number of ether oxygens (including phenoxy) is 3. The van der Waals surface area contributed by atoms with Crippen molar-refractivity contribution in [3.63, 3.8) is 0 Å². The minimum atomic E-state index is -0.349. The Bertz CT molecular complexity index is 1170. The van der Waals surface area contributed by atoms with Gasteiger partial charge in [-0.05, 0) is 62.7 Å². The van der Waals surface area contributed by atoms with Gasteiger partial charge in [0.1, 0.15) is 11.9 Å². The minimum Gasteiger partial charge on any atom is -0.488 e. The summed E-state index contributed by atoms with van der Waals surface area (Å²) >= 11 is 0. The van der Waals surface area contributed by atoms with Gasteiger partial charge in [0.25, 0.3) is 5.91 Å². The number of amides is 2. The van der Waals surface area contributed by atoms with Crippen molar-refractivity contribution in [2.75, 3.05) is 38.9 Å². The van der Waals surface area contributed by atoms with E-state index in [1.165, 1.54) is 0 Å². The number of benzene rings is 2. The summed E-state index contributed by atoms with van der Waals surface area (Å²) in [6.07, 6.45) is 1.60. The molecular weight excluding hydrogens is 474 g/mol. The Morgan fingerprint density at radius 3 is 2.68 bits per heavy atom. The van der Waals surface area contributed by atoms with Gasteiger partial charge in [-0.2, -0.15) is 0 Å². The molecule has 0 saturated heterocycles. The van der Waals surface area contributed by atoms with Crippen molar-refractivity contribution in [1.29, 1.82) is 0 Å². The third-order valence-electron chi connectivity index (χ3n) is 7.26. The van der Waals surface area contributed by atoms with Gasteiger partial charge < -0.3 is 29.5 Å². The number of aliphatic hydroxyl groups is 1. The number of nitrogens with zero attached hydrogens (tertiary/aromatic N) is 2. The molecule has 2 aromatic carbocycles. The fourth-order valence-corrected chi connectivity index (χ4v) is 4.83. The summed E-state index contributed by atoms with van der Waals surface area (Å²) in [5.74, 6) is 1.85. The Kier molecular flexibility index (Phi) is 7.26. The van der Waals surface area contributed by atoms with Crippen molar-refractivity contribution in [3.05, 3.63) is 47.5 Å². The molecule has 0 radical (unpaired) electrons. The SMILES string of the molecule is C[C@@H]1CN([C@H](C)CO)C(=O)c2cc(NC(=O)C3CC3)ccc2O[C@H]1CN(C)Cc1ccc2c(c1)OCO2. The van der Waals surface area contributed by atoms with Gasteiger partial charge in [0, 0.05) is 37.2 Å². The highest BCUT2D eigenvalue weighted by atomic mass is 16.7. The molecule has 5 rings (SSSR count). The van der Waals surface area contributed by atoms with Crippen LogP contribution in [-0.4, -0.2) is 72.4 Å². The molecule has 37 heavy (non-hydrogen) atoms. The zero-order valence-electron chi connectivity index (χ0n) is 21.6. The molecule has 2 N–H and O–H groups in total. The summed E-state index contributed by atoms with van der Waals surface area (Å²) in [5, 5.41) is 12.8. The van der Waals surface area contributed by atoms with Crippen molar-refractivity contribution in [3.8, 4) is 17.2 Å². The molecule has 0 spiro atoms. The van der Waals surface area contributed by atoms with Crippen molar-refractivity contribution in [1.82, 2.24) is 9.80 Å². The second-order valence-electron chi connectivity index (χ2n) is 10.5. The number of carbonyl (C=O) groups is 2. The quantitative estimate of drug-likeness (QED) is 0.564. The van der Waals surface area contributed by atoms with Crippen LogP contribution in [0.3, 0.4) is 0 Å². The third-order valence-corrected chi connectivity index (χ3v) is 7.26. The van der Waals surface area contributed by atoms with Crippen LogP contribution in [0.15, 0.2) is 36.4 Å². The molecule has 9 heteroatoms. The Labute approximate surface area is 217 Å². The van der Waals surface area contributed by atoms with E-state index in [-0.39, 0.29) is 49.2 Å². The average Bonchev–Trinajstić information content (AvgIpc) is 3.64. The monoisotopic (exact) mass is 509 g/mol. The second kappa shape index (κ2) is 10.6. The predicted octanol–water partition coefficient (Wildman–Crippen LogP) is 3.12. The molecule has 198 valence electrons. The van der Waals surface area contributed by atoms with Gasteiger partial charge in [-0.15, -0.1) is 0 Å². The summed E-state index contributed by atoms with van der Waals surface area (Å²) in [4.78, 5) is 29.8. The Balaban J connectivity index is 1.36. The van der Waals surface area contributed by atoms with Gasteiger partial charge >= 0.3 is 0 Å². The Hall–Kier alpha value is -3.30. The van der Waals surface area contributed by atoms with Gasteiger partial charge in [0.05, 0.1) is 18.2 Å². The van der Waals surface area contributed by atoms with Gasteiger partial charge in [-0.3, -0.25) is 14.5 Å². The van der Waals surface area contributed by atoms with Crippen LogP contribution < -0.4 is 19.5 Å². The zero-order chi connectivity index (χ0) is 26.1. The van der Waals surface area contributed by atoms with Crippen LogP contribution in [0, 0.1) is 11.8 Å². The maximum Gasteiger partial charge on any atom is 0.258 e. The first-order chi connectivity index (χ1) is 17.8. The molecule has 0 unspecified atom stereocenters. The molecular formula is C28H35N3O6. The molecule has 2 aliphatic heterocycles. The lowest BCUT2D eigenvalue weighted by Crippen LogP contribution is -2.49. The standard InChI is InChI=1S/C28H35N3O6/c1-17-12-31(18(2)15-32)28(34)22-11-21(29-27(33)20-5-6-20)7-9-23(22)37-26(17)14-30(3)13-19-4-8-24-25(10-19)36-16-35-24/h4,7-11,17-18,20,26,32H,5-6,12-16H2,1-3H3,(H,29,33)/t17-,18-,26+/m1/s1. The van der Waals surface area contributed by atoms with Crippen LogP contribution in [0.5, 0.6) is 17.2 Å². The topological polar surface area (TPSA) is 101 Å². The summed E-state index contributed by atoms with van der Waals surface area (Å²) in [7, 11) is 2.04. The molecule has 1 saturated carbocycles. The first kappa shape index (κ1) is 25.4.